The predicted molar refractivity (Wildman–Crippen MR) is 127 cm³/mol. The van der Waals surface area contributed by atoms with Crippen molar-refractivity contribution in [2.45, 2.75) is 25.0 Å². The maximum atomic E-state index is 13.3. The first kappa shape index (κ1) is 26.6. The van der Waals surface area contributed by atoms with Gasteiger partial charge in [0, 0.05) is 64.8 Å². The third-order valence-electron chi connectivity index (χ3n) is 6.35. The van der Waals surface area contributed by atoms with Crippen LogP contribution in [-0.2, 0) is 14.3 Å². The van der Waals surface area contributed by atoms with Gasteiger partial charge in [0.15, 0.2) is 0 Å². The first-order chi connectivity index (χ1) is 16.3. The number of rotatable bonds is 8. The standard InChI is InChI=1S/C24H33ClFN3O5/c1-34-16-18-6-8-27(15-22(18)31)13-19(30)14-29-11-10-28(9-7-24(29)33)23(32)5-3-17-2-4-21(26)20(25)12-17/h2-5,12,18-19,22,30-31H,6-11,13-16H2,1H3/t18-,19-,22-/m0/s1. The van der Waals surface area contributed by atoms with Crippen LogP contribution < -0.4 is 0 Å². The molecule has 2 saturated heterocycles. The highest BCUT2D eigenvalue weighted by Crippen LogP contribution is 2.19. The summed E-state index contributed by atoms with van der Waals surface area (Å²) >= 11 is 5.77. The van der Waals surface area contributed by atoms with Crippen molar-refractivity contribution < 1.29 is 28.9 Å². The highest BCUT2D eigenvalue weighted by molar-refractivity contribution is 6.30. The van der Waals surface area contributed by atoms with Crippen LogP contribution in [0.4, 0.5) is 4.39 Å². The SMILES string of the molecule is COC[C@@H]1CCN(C[C@H](O)CN2CCN(C(=O)C=Cc3ccc(F)c(Cl)c3)CCC2=O)C[C@@H]1O. The number of hydrogen-bond donors (Lipinski definition) is 2. The number of likely N-dealkylation sites (tertiary alicyclic amines) is 1. The van der Waals surface area contributed by atoms with E-state index in [0.717, 1.165) is 13.0 Å². The monoisotopic (exact) mass is 497 g/mol. The summed E-state index contributed by atoms with van der Waals surface area (Å²) in [6, 6.07) is 4.21. The average Bonchev–Trinajstić information content (AvgIpc) is 2.98. The molecule has 0 saturated carbocycles. The molecule has 0 aliphatic carbocycles. The topological polar surface area (TPSA) is 93.6 Å². The number of nitrogens with zero attached hydrogens (tertiary/aromatic N) is 3. The van der Waals surface area contributed by atoms with Gasteiger partial charge in [0.1, 0.15) is 5.82 Å². The molecule has 34 heavy (non-hydrogen) atoms. The highest BCUT2D eigenvalue weighted by atomic mass is 35.5. The Morgan fingerprint density at radius 1 is 1.29 bits per heavy atom. The molecular formula is C24H33ClFN3O5. The van der Waals surface area contributed by atoms with E-state index in [1.165, 1.54) is 24.3 Å². The Morgan fingerprint density at radius 3 is 2.79 bits per heavy atom. The summed E-state index contributed by atoms with van der Waals surface area (Å²) in [6.45, 7) is 3.26. The largest absolute Gasteiger partial charge is 0.391 e. The molecular weight excluding hydrogens is 465 g/mol. The number of amides is 2. The predicted octanol–water partition coefficient (Wildman–Crippen LogP) is 1.24. The normalized spacial score (nSPS) is 23.4. The van der Waals surface area contributed by atoms with Crippen molar-refractivity contribution in [3.8, 4) is 0 Å². The van der Waals surface area contributed by atoms with Gasteiger partial charge in [-0.3, -0.25) is 14.5 Å². The molecule has 2 aliphatic heterocycles. The molecule has 2 N–H and O–H groups in total. The van der Waals surface area contributed by atoms with Gasteiger partial charge in [0.2, 0.25) is 11.8 Å². The van der Waals surface area contributed by atoms with Crippen molar-refractivity contribution in [1.82, 2.24) is 14.7 Å². The Labute approximate surface area is 204 Å². The Hall–Kier alpha value is -2.04. The van der Waals surface area contributed by atoms with Gasteiger partial charge < -0.3 is 24.7 Å². The summed E-state index contributed by atoms with van der Waals surface area (Å²) in [7, 11) is 1.62. The fourth-order valence-corrected chi connectivity index (χ4v) is 4.59. The number of aliphatic hydroxyl groups is 2. The fraction of sp³-hybridized carbons (Fsp3) is 0.583. The van der Waals surface area contributed by atoms with Crippen molar-refractivity contribution in [2.75, 3.05) is 59.5 Å². The van der Waals surface area contributed by atoms with E-state index in [-0.39, 0.29) is 42.3 Å². The lowest BCUT2D eigenvalue weighted by atomic mass is 9.94. The number of methoxy groups -OCH3 is 1. The minimum atomic E-state index is -0.750. The fourth-order valence-electron chi connectivity index (χ4n) is 4.40. The van der Waals surface area contributed by atoms with Crippen LogP contribution in [0.2, 0.25) is 5.02 Å². The van der Waals surface area contributed by atoms with Crippen molar-refractivity contribution >= 4 is 29.5 Å². The van der Waals surface area contributed by atoms with Gasteiger partial charge in [-0.25, -0.2) is 4.39 Å². The van der Waals surface area contributed by atoms with Crippen LogP contribution in [0.15, 0.2) is 24.3 Å². The van der Waals surface area contributed by atoms with E-state index in [0.29, 0.717) is 38.3 Å². The lowest BCUT2D eigenvalue weighted by Crippen LogP contribution is -2.50. The minimum absolute atomic E-state index is 0.0157. The van der Waals surface area contributed by atoms with Crippen LogP contribution in [0.1, 0.15) is 18.4 Å². The molecule has 8 nitrogen and oxygen atoms in total. The number of hydrogen-bond acceptors (Lipinski definition) is 6. The maximum Gasteiger partial charge on any atom is 0.246 e. The Kier molecular flexibility index (Phi) is 9.85. The van der Waals surface area contributed by atoms with E-state index in [1.807, 2.05) is 4.90 Å². The summed E-state index contributed by atoms with van der Waals surface area (Å²) in [5, 5.41) is 20.8. The van der Waals surface area contributed by atoms with Crippen LogP contribution in [-0.4, -0.2) is 108 Å². The van der Waals surface area contributed by atoms with Gasteiger partial charge in [-0.05, 0) is 36.7 Å². The summed E-state index contributed by atoms with van der Waals surface area (Å²) in [5.41, 5.74) is 0.603. The molecule has 2 fully saturated rings. The van der Waals surface area contributed by atoms with Crippen LogP contribution in [0.25, 0.3) is 6.08 Å². The molecule has 1 aromatic rings. The summed E-state index contributed by atoms with van der Waals surface area (Å²) in [6.07, 6.45) is 2.66. The molecule has 2 amide bonds. The Bertz CT molecular complexity index is 886. The smallest absolute Gasteiger partial charge is 0.246 e. The van der Waals surface area contributed by atoms with Crippen molar-refractivity contribution in [1.29, 1.82) is 0 Å². The molecule has 0 unspecified atom stereocenters. The van der Waals surface area contributed by atoms with Gasteiger partial charge in [0.25, 0.3) is 0 Å². The van der Waals surface area contributed by atoms with E-state index in [2.05, 4.69) is 0 Å². The molecule has 188 valence electrons. The van der Waals surface area contributed by atoms with Gasteiger partial charge in [-0.2, -0.15) is 0 Å². The third kappa shape index (κ3) is 7.48. The summed E-state index contributed by atoms with van der Waals surface area (Å²) in [4.78, 5) is 30.3. The second-order valence-corrected chi connectivity index (χ2v) is 9.31. The zero-order valence-electron chi connectivity index (χ0n) is 19.4. The number of β-amino-alcohol motifs (C(OH)–C–C–N with tert-alkyl or cyclic N) is 2. The number of carbonyl (C=O) groups is 2. The number of halogens is 2. The maximum absolute atomic E-state index is 13.3. The summed E-state index contributed by atoms with van der Waals surface area (Å²) in [5.74, 6) is -0.778. The molecule has 3 rings (SSSR count). The molecule has 2 aliphatic rings. The number of aliphatic hydroxyl groups excluding tert-OH is 2. The van der Waals surface area contributed by atoms with E-state index < -0.39 is 18.0 Å². The lowest BCUT2D eigenvalue weighted by Gasteiger charge is -2.37. The van der Waals surface area contributed by atoms with Crippen LogP contribution in [0, 0.1) is 11.7 Å². The Balaban J connectivity index is 1.47. The average molecular weight is 498 g/mol. The molecule has 1 aromatic carbocycles. The number of carbonyl (C=O) groups excluding carboxylic acids is 2. The van der Waals surface area contributed by atoms with E-state index in [9.17, 15) is 24.2 Å². The molecule has 0 bridgehead atoms. The molecule has 2 heterocycles. The molecule has 0 radical (unpaired) electrons. The van der Waals surface area contributed by atoms with Gasteiger partial charge in [0.05, 0.1) is 23.8 Å². The van der Waals surface area contributed by atoms with Gasteiger partial charge in [-0.15, -0.1) is 0 Å². The van der Waals surface area contributed by atoms with E-state index in [4.69, 9.17) is 16.3 Å². The van der Waals surface area contributed by atoms with Crippen molar-refractivity contribution in [3.05, 3.63) is 40.7 Å². The van der Waals surface area contributed by atoms with Crippen molar-refractivity contribution in [2.24, 2.45) is 5.92 Å². The number of benzene rings is 1. The first-order valence-corrected chi connectivity index (χ1v) is 11.9. The number of ether oxygens (including phenoxy) is 1. The molecule has 3 atom stereocenters. The first-order valence-electron chi connectivity index (χ1n) is 11.5. The minimum Gasteiger partial charge on any atom is -0.391 e. The highest BCUT2D eigenvalue weighted by Gasteiger charge is 2.30. The van der Waals surface area contributed by atoms with Gasteiger partial charge >= 0.3 is 0 Å². The van der Waals surface area contributed by atoms with Crippen LogP contribution in [0.3, 0.4) is 0 Å². The van der Waals surface area contributed by atoms with Gasteiger partial charge in [-0.1, -0.05) is 17.7 Å². The van der Waals surface area contributed by atoms with E-state index >= 15 is 0 Å². The lowest BCUT2D eigenvalue weighted by molar-refractivity contribution is -0.132. The molecule has 10 heteroatoms. The zero-order valence-corrected chi connectivity index (χ0v) is 20.2. The van der Waals surface area contributed by atoms with Crippen LogP contribution in [0.5, 0.6) is 0 Å². The summed E-state index contributed by atoms with van der Waals surface area (Å²) < 4.78 is 18.4. The molecule has 0 aromatic heterocycles. The second kappa shape index (κ2) is 12.6. The van der Waals surface area contributed by atoms with E-state index in [1.54, 1.807) is 23.0 Å². The quantitative estimate of drug-likeness (QED) is 0.525. The second-order valence-electron chi connectivity index (χ2n) is 8.91. The van der Waals surface area contributed by atoms with Crippen LogP contribution >= 0.6 is 11.6 Å². The Morgan fingerprint density at radius 2 is 2.09 bits per heavy atom. The van der Waals surface area contributed by atoms with Crippen molar-refractivity contribution in [3.63, 3.8) is 0 Å². The third-order valence-corrected chi connectivity index (χ3v) is 6.64. The molecule has 0 spiro atoms. The zero-order chi connectivity index (χ0) is 24.7. The number of piperidine rings is 1.